The van der Waals surface area contributed by atoms with E-state index in [1.54, 1.807) is 41.3 Å². The van der Waals surface area contributed by atoms with Crippen LogP contribution in [-0.2, 0) is 9.59 Å². The fourth-order valence-corrected chi connectivity index (χ4v) is 3.22. The van der Waals surface area contributed by atoms with E-state index in [4.69, 9.17) is 16.9 Å². The third-order valence-corrected chi connectivity index (χ3v) is 4.64. The number of hydrogen-bond donors (Lipinski definition) is 1. The summed E-state index contributed by atoms with van der Waals surface area (Å²) in [6, 6.07) is 16.4. The van der Waals surface area contributed by atoms with Crippen LogP contribution in [0, 0.1) is 11.3 Å². The predicted octanol–water partition coefficient (Wildman–Crippen LogP) is 4.34. The lowest BCUT2D eigenvalue weighted by atomic mass is 10.2. The zero-order valence-electron chi connectivity index (χ0n) is 14.2. The van der Waals surface area contributed by atoms with Gasteiger partial charge in [0.2, 0.25) is 11.8 Å². The van der Waals surface area contributed by atoms with Crippen LogP contribution in [0.5, 0.6) is 0 Å². The van der Waals surface area contributed by atoms with Crippen molar-refractivity contribution in [2.45, 2.75) is 18.2 Å². The summed E-state index contributed by atoms with van der Waals surface area (Å²) in [4.78, 5) is 26.2. The first kappa shape index (κ1) is 19.8. The van der Waals surface area contributed by atoms with E-state index in [9.17, 15) is 9.59 Å². The molecule has 0 bridgehead atoms. The van der Waals surface area contributed by atoms with Crippen molar-refractivity contribution in [2.24, 2.45) is 0 Å². The van der Waals surface area contributed by atoms with Crippen molar-refractivity contribution in [1.29, 1.82) is 5.26 Å². The number of rotatable bonds is 7. The van der Waals surface area contributed by atoms with Crippen LogP contribution in [0.3, 0.4) is 0 Å². The zero-order chi connectivity index (χ0) is 18.9. The molecule has 0 spiro atoms. The highest BCUT2D eigenvalue weighted by atomic mass is 35.5. The number of carbonyl (C=O) groups excluding carboxylic acids is 2. The highest BCUT2D eigenvalue weighted by Gasteiger charge is 2.16. The number of amides is 2. The summed E-state index contributed by atoms with van der Waals surface area (Å²) < 4.78 is 0. The number of carbonyl (C=O) groups is 2. The van der Waals surface area contributed by atoms with Crippen LogP contribution in [0.2, 0.25) is 5.02 Å². The maximum Gasteiger partial charge on any atom is 0.237 e. The molecule has 0 radical (unpaired) electrons. The minimum atomic E-state index is -0.129. The number of anilines is 2. The topological polar surface area (TPSA) is 73.2 Å². The van der Waals surface area contributed by atoms with Gasteiger partial charge in [-0.25, -0.2) is 0 Å². The summed E-state index contributed by atoms with van der Waals surface area (Å²) in [6.45, 7) is 1.77. The molecular formula is C19H18ClN3O2S. The van der Waals surface area contributed by atoms with Gasteiger partial charge in [0.25, 0.3) is 0 Å². The Morgan fingerprint density at radius 1 is 1.23 bits per heavy atom. The molecule has 26 heavy (non-hydrogen) atoms. The van der Waals surface area contributed by atoms with Crippen LogP contribution in [0.15, 0.2) is 53.4 Å². The van der Waals surface area contributed by atoms with E-state index >= 15 is 0 Å². The molecule has 0 aliphatic carbocycles. The van der Waals surface area contributed by atoms with Crippen LogP contribution in [-0.4, -0.2) is 24.1 Å². The number of nitriles is 1. The number of thioether (sulfide) groups is 1. The lowest BCUT2D eigenvalue weighted by molar-refractivity contribution is -0.116. The van der Waals surface area contributed by atoms with Crippen molar-refractivity contribution in [1.82, 2.24) is 0 Å². The maximum absolute atomic E-state index is 12.6. The van der Waals surface area contributed by atoms with Crippen LogP contribution >= 0.6 is 23.4 Å². The molecule has 7 heteroatoms. The number of halogens is 1. The SMILES string of the molecule is CC(=O)Nc1ccc(SCC(=O)N(CCC#N)c2cccc(Cl)c2)cc1. The summed E-state index contributed by atoms with van der Waals surface area (Å²) in [5, 5.41) is 12.1. The Kier molecular flexibility index (Phi) is 7.52. The minimum Gasteiger partial charge on any atom is -0.326 e. The van der Waals surface area contributed by atoms with E-state index in [0.717, 1.165) is 4.90 Å². The van der Waals surface area contributed by atoms with Gasteiger partial charge >= 0.3 is 0 Å². The van der Waals surface area contributed by atoms with Crippen LogP contribution < -0.4 is 10.2 Å². The Morgan fingerprint density at radius 3 is 2.58 bits per heavy atom. The van der Waals surface area contributed by atoms with E-state index in [1.807, 2.05) is 12.1 Å². The first-order valence-electron chi connectivity index (χ1n) is 7.93. The fourth-order valence-electron chi connectivity index (χ4n) is 2.26. The Hall–Kier alpha value is -2.49. The van der Waals surface area contributed by atoms with Crippen molar-refractivity contribution in [3.63, 3.8) is 0 Å². The van der Waals surface area contributed by atoms with Gasteiger partial charge in [-0.1, -0.05) is 17.7 Å². The van der Waals surface area contributed by atoms with Crippen LogP contribution in [0.4, 0.5) is 11.4 Å². The maximum atomic E-state index is 12.6. The molecule has 2 aromatic rings. The Balaban J connectivity index is 2.02. The standard InChI is InChI=1S/C19H18ClN3O2S/c1-14(24)22-16-6-8-18(9-7-16)26-13-19(25)23(11-3-10-21)17-5-2-4-15(20)12-17/h2,4-9,12H,3,11,13H2,1H3,(H,22,24). The third-order valence-electron chi connectivity index (χ3n) is 3.41. The third kappa shape index (κ3) is 6.10. The van der Waals surface area contributed by atoms with Crippen molar-refractivity contribution in [3.05, 3.63) is 53.6 Å². The molecule has 0 aromatic heterocycles. The Morgan fingerprint density at radius 2 is 1.96 bits per heavy atom. The van der Waals surface area contributed by atoms with E-state index in [-0.39, 0.29) is 24.0 Å². The highest BCUT2D eigenvalue weighted by molar-refractivity contribution is 8.00. The second-order valence-electron chi connectivity index (χ2n) is 5.43. The summed E-state index contributed by atoms with van der Waals surface area (Å²) in [7, 11) is 0. The fraction of sp³-hybridized carbons (Fsp3) is 0.211. The van der Waals surface area contributed by atoms with E-state index in [1.165, 1.54) is 18.7 Å². The monoisotopic (exact) mass is 387 g/mol. The van der Waals surface area contributed by atoms with E-state index < -0.39 is 0 Å². The molecule has 0 aliphatic heterocycles. The predicted molar refractivity (Wildman–Crippen MR) is 106 cm³/mol. The molecular weight excluding hydrogens is 370 g/mol. The molecule has 2 rings (SSSR count). The number of nitrogens with zero attached hydrogens (tertiary/aromatic N) is 2. The van der Waals surface area contributed by atoms with Gasteiger partial charge in [-0.05, 0) is 42.5 Å². The number of nitrogens with one attached hydrogen (secondary N) is 1. The first-order chi connectivity index (χ1) is 12.5. The molecule has 0 atom stereocenters. The van der Waals surface area contributed by atoms with Crippen LogP contribution in [0.1, 0.15) is 13.3 Å². The summed E-state index contributed by atoms with van der Waals surface area (Å²) in [6.07, 6.45) is 0.244. The van der Waals surface area contributed by atoms with Gasteiger partial charge in [0.15, 0.2) is 0 Å². The van der Waals surface area contributed by atoms with Gasteiger partial charge in [-0.2, -0.15) is 5.26 Å². The average Bonchev–Trinajstić information content (AvgIpc) is 2.61. The number of hydrogen-bond acceptors (Lipinski definition) is 4. The molecule has 2 amide bonds. The molecule has 0 unspecified atom stereocenters. The highest BCUT2D eigenvalue weighted by Crippen LogP contribution is 2.24. The Labute approximate surface area is 161 Å². The average molecular weight is 388 g/mol. The molecule has 2 aromatic carbocycles. The van der Waals surface area contributed by atoms with Gasteiger partial charge < -0.3 is 10.2 Å². The molecule has 134 valence electrons. The van der Waals surface area contributed by atoms with Gasteiger partial charge in [0.1, 0.15) is 0 Å². The lowest BCUT2D eigenvalue weighted by Gasteiger charge is -2.22. The molecule has 0 aliphatic rings. The van der Waals surface area contributed by atoms with Crippen molar-refractivity contribution >= 4 is 46.6 Å². The number of benzene rings is 2. The zero-order valence-corrected chi connectivity index (χ0v) is 15.8. The van der Waals surface area contributed by atoms with Crippen molar-refractivity contribution in [3.8, 4) is 6.07 Å². The molecule has 0 saturated heterocycles. The normalized spacial score (nSPS) is 10.0. The van der Waals surface area contributed by atoms with Gasteiger partial charge in [-0.3, -0.25) is 9.59 Å². The van der Waals surface area contributed by atoms with Crippen molar-refractivity contribution in [2.75, 3.05) is 22.5 Å². The van der Waals surface area contributed by atoms with E-state index in [0.29, 0.717) is 22.9 Å². The second-order valence-corrected chi connectivity index (χ2v) is 6.91. The van der Waals surface area contributed by atoms with Gasteiger partial charge in [0.05, 0.1) is 18.2 Å². The molecule has 1 N–H and O–H groups in total. The van der Waals surface area contributed by atoms with Crippen LogP contribution in [0.25, 0.3) is 0 Å². The molecule has 5 nitrogen and oxygen atoms in total. The molecule has 0 fully saturated rings. The first-order valence-corrected chi connectivity index (χ1v) is 9.29. The quantitative estimate of drug-likeness (QED) is 0.717. The van der Waals surface area contributed by atoms with Crippen molar-refractivity contribution < 1.29 is 9.59 Å². The summed E-state index contributed by atoms with van der Waals surface area (Å²) in [5.74, 6) is 0.00549. The minimum absolute atomic E-state index is 0.0987. The largest absolute Gasteiger partial charge is 0.326 e. The Bertz CT molecular complexity index is 818. The van der Waals surface area contributed by atoms with Gasteiger partial charge in [0, 0.05) is 34.8 Å². The smallest absolute Gasteiger partial charge is 0.237 e. The van der Waals surface area contributed by atoms with Gasteiger partial charge in [-0.15, -0.1) is 11.8 Å². The lowest BCUT2D eigenvalue weighted by Crippen LogP contribution is -2.33. The summed E-state index contributed by atoms with van der Waals surface area (Å²) >= 11 is 7.41. The van der Waals surface area contributed by atoms with E-state index in [2.05, 4.69) is 11.4 Å². The molecule has 0 heterocycles. The second kappa shape index (κ2) is 9.85. The summed E-state index contributed by atoms with van der Waals surface area (Å²) in [5.41, 5.74) is 1.39. The molecule has 0 saturated carbocycles.